The molecule has 178 valence electrons. The fraction of sp³-hybridized carbons (Fsp3) is 0.462. The molecule has 0 aliphatic carbocycles. The molecule has 0 unspecified atom stereocenters. The third kappa shape index (κ3) is 4.84. The number of para-hydroxylation sites is 1. The van der Waals surface area contributed by atoms with Gasteiger partial charge in [-0.25, -0.2) is 0 Å². The summed E-state index contributed by atoms with van der Waals surface area (Å²) in [6, 6.07) is 14.5. The highest BCUT2D eigenvalue weighted by Gasteiger charge is 2.44. The molecule has 33 heavy (non-hydrogen) atoms. The van der Waals surface area contributed by atoms with Gasteiger partial charge >= 0.3 is 0 Å². The fourth-order valence-corrected chi connectivity index (χ4v) is 4.59. The Morgan fingerprint density at radius 2 is 1.70 bits per heavy atom. The second kappa shape index (κ2) is 10.3. The lowest BCUT2D eigenvalue weighted by Gasteiger charge is -2.40. The maximum atomic E-state index is 10.7. The minimum atomic E-state index is -1.42. The van der Waals surface area contributed by atoms with Gasteiger partial charge in [0.05, 0.1) is 18.7 Å². The van der Waals surface area contributed by atoms with Crippen LogP contribution in [-0.2, 0) is 22.3 Å². The number of aryl methyl sites for hydroxylation is 1. The first kappa shape index (κ1) is 23.9. The summed E-state index contributed by atoms with van der Waals surface area (Å²) in [6.07, 6.45) is -2.52. The summed E-state index contributed by atoms with van der Waals surface area (Å²) in [5, 5.41) is 41.8. The van der Waals surface area contributed by atoms with Crippen molar-refractivity contribution < 1.29 is 29.9 Å². The zero-order valence-electron chi connectivity index (χ0n) is 19.1. The Morgan fingerprint density at radius 3 is 2.39 bits per heavy atom. The number of aliphatic hydroxyl groups is 4. The number of aromatic nitrogens is 1. The van der Waals surface area contributed by atoms with Crippen LogP contribution < -0.4 is 0 Å². The summed E-state index contributed by atoms with van der Waals surface area (Å²) in [5.41, 5.74) is 5.34. The Balaban J connectivity index is 1.65. The van der Waals surface area contributed by atoms with Gasteiger partial charge in [0.15, 0.2) is 6.23 Å². The highest BCUT2D eigenvalue weighted by Crippen LogP contribution is 2.35. The topological polar surface area (TPSA) is 104 Å². The number of fused-ring (bicyclic) bond motifs is 1. The first-order valence-corrected chi connectivity index (χ1v) is 11.5. The molecular formula is C26H33NO6. The molecule has 0 amide bonds. The molecule has 3 aromatic rings. The summed E-state index contributed by atoms with van der Waals surface area (Å²) >= 11 is 0. The predicted molar refractivity (Wildman–Crippen MR) is 125 cm³/mol. The Morgan fingerprint density at radius 1 is 0.970 bits per heavy atom. The first-order valence-electron chi connectivity index (χ1n) is 11.5. The third-order valence-electron chi connectivity index (χ3n) is 6.43. The van der Waals surface area contributed by atoms with Crippen LogP contribution in [0.5, 0.6) is 0 Å². The molecule has 2 heterocycles. The van der Waals surface area contributed by atoms with Crippen molar-refractivity contribution in [3.63, 3.8) is 0 Å². The molecule has 1 saturated heterocycles. The summed E-state index contributed by atoms with van der Waals surface area (Å²) < 4.78 is 13.1. The fourth-order valence-electron chi connectivity index (χ4n) is 4.59. The lowest BCUT2D eigenvalue weighted by Crippen LogP contribution is -2.56. The molecule has 4 N–H and O–H groups in total. The van der Waals surface area contributed by atoms with Crippen LogP contribution in [0.1, 0.15) is 35.4 Å². The van der Waals surface area contributed by atoms with E-state index in [0.29, 0.717) is 13.0 Å². The van der Waals surface area contributed by atoms with E-state index in [2.05, 4.69) is 24.3 Å². The van der Waals surface area contributed by atoms with Gasteiger partial charge in [0.25, 0.3) is 0 Å². The number of aliphatic hydroxyl groups excluding tert-OH is 4. The summed E-state index contributed by atoms with van der Waals surface area (Å²) in [6.45, 7) is 4.95. The van der Waals surface area contributed by atoms with E-state index in [-0.39, 0.29) is 0 Å². The summed E-state index contributed by atoms with van der Waals surface area (Å²) in [4.78, 5) is 0. The molecular weight excluding hydrogens is 422 g/mol. The zero-order chi connectivity index (χ0) is 23.5. The van der Waals surface area contributed by atoms with Crippen LogP contribution in [0, 0.1) is 6.92 Å². The Labute approximate surface area is 193 Å². The molecule has 2 aromatic carbocycles. The van der Waals surface area contributed by atoms with Crippen molar-refractivity contribution in [3.8, 4) is 0 Å². The Hall–Kier alpha value is -2.26. The number of benzene rings is 2. The molecule has 1 fully saturated rings. The average molecular weight is 456 g/mol. The molecule has 1 aromatic heterocycles. The van der Waals surface area contributed by atoms with Gasteiger partial charge < -0.3 is 34.5 Å². The van der Waals surface area contributed by atoms with Crippen LogP contribution in [0.4, 0.5) is 0 Å². The third-order valence-corrected chi connectivity index (χ3v) is 6.43. The molecule has 0 radical (unpaired) electrons. The summed E-state index contributed by atoms with van der Waals surface area (Å²) in [5.74, 6) is 0. The van der Waals surface area contributed by atoms with Gasteiger partial charge in [-0.2, -0.15) is 0 Å². The van der Waals surface area contributed by atoms with Crippen molar-refractivity contribution in [2.45, 2.75) is 57.3 Å². The monoisotopic (exact) mass is 455 g/mol. The second-order valence-corrected chi connectivity index (χ2v) is 8.69. The SMILES string of the molecule is CCOCCc1ccc(Cc2cn([C@@H]3O[C@H](CO)[C@@H](O)[C@H](O)[C@H]3O)c3c(C)cccc23)cc1. The minimum Gasteiger partial charge on any atom is -0.394 e. The van der Waals surface area contributed by atoms with Crippen molar-refractivity contribution in [3.05, 3.63) is 70.9 Å². The smallest absolute Gasteiger partial charge is 0.163 e. The Kier molecular flexibility index (Phi) is 7.48. The second-order valence-electron chi connectivity index (χ2n) is 8.69. The molecule has 0 saturated carbocycles. The van der Waals surface area contributed by atoms with E-state index in [1.165, 1.54) is 5.56 Å². The largest absolute Gasteiger partial charge is 0.394 e. The quantitative estimate of drug-likeness (QED) is 0.388. The predicted octanol–water partition coefficient (Wildman–Crippen LogP) is 2.09. The summed E-state index contributed by atoms with van der Waals surface area (Å²) in [7, 11) is 0. The lowest BCUT2D eigenvalue weighted by atomic mass is 9.98. The first-order chi connectivity index (χ1) is 15.9. The van der Waals surface area contributed by atoms with Crippen LogP contribution in [0.3, 0.4) is 0 Å². The number of nitrogens with zero attached hydrogens (tertiary/aromatic N) is 1. The molecule has 0 spiro atoms. The van der Waals surface area contributed by atoms with Crippen molar-refractivity contribution in [1.82, 2.24) is 4.57 Å². The molecule has 5 atom stereocenters. The molecule has 4 rings (SSSR count). The van der Waals surface area contributed by atoms with Gasteiger partial charge in [0.1, 0.15) is 24.4 Å². The van der Waals surface area contributed by atoms with Gasteiger partial charge in [0, 0.05) is 18.2 Å². The van der Waals surface area contributed by atoms with Crippen LogP contribution in [0.15, 0.2) is 48.7 Å². The van der Waals surface area contributed by atoms with E-state index in [1.54, 1.807) is 0 Å². The average Bonchev–Trinajstić information content (AvgIpc) is 3.18. The van der Waals surface area contributed by atoms with Crippen molar-refractivity contribution in [2.75, 3.05) is 19.8 Å². The van der Waals surface area contributed by atoms with Gasteiger partial charge in [-0.15, -0.1) is 0 Å². The van der Waals surface area contributed by atoms with Crippen LogP contribution in [-0.4, -0.2) is 69.2 Å². The number of hydrogen-bond donors (Lipinski definition) is 4. The molecule has 0 bridgehead atoms. The zero-order valence-corrected chi connectivity index (χ0v) is 19.1. The van der Waals surface area contributed by atoms with E-state index >= 15 is 0 Å². The maximum Gasteiger partial charge on any atom is 0.163 e. The van der Waals surface area contributed by atoms with Gasteiger partial charge in [-0.3, -0.25) is 0 Å². The van der Waals surface area contributed by atoms with E-state index < -0.39 is 37.3 Å². The molecule has 7 heteroatoms. The molecule has 1 aliphatic heterocycles. The van der Waals surface area contributed by atoms with Crippen molar-refractivity contribution >= 4 is 10.9 Å². The number of ether oxygens (including phenoxy) is 2. The van der Waals surface area contributed by atoms with Crippen molar-refractivity contribution in [1.29, 1.82) is 0 Å². The van der Waals surface area contributed by atoms with E-state index in [0.717, 1.165) is 40.6 Å². The minimum absolute atomic E-state index is 0.456. The molecule has 1 aliphatic rings. The maximum absolute atomic E-state index is 10.7. The standard InChI is InChI=1S/C26H33NO6/c1-3-32-12-11-17-7-9-18(10-8-17)13-19-14-27(22-16(2)5-4-6-20(19)22)26-25(31)24(30)23(29)21(15-28)33-26/h4-10,14,21,23-26,28-31H,3,11-13,15H2,1-2H3/t21-,23-,24+,25-,26-/m1/s1. The van der Waals surface area contributed by atoms with Gasteiger partial charge in [-0.05, 0) is 48.9 Å². The van der Waals surface area contributed by atoms with E-state index in [9.17, 15) is 20.4 Å². The van der Waals surface area contributed by atoms with Crippen molar-refractivity contribution in [2.24, 2.45) is 0 Å². The van der Waals surface area contributed by atoms with Crippen LogP contribution >= 0.6 is 0 Å². The van der Waals surface area contributed by atoms with Crippen LogP contribution in [0.25, 0.3) is 10.9 Å². The van der Waals surface area contributed by atoms with Gasteiger partial charge in [0.2, 0.25) is 0 Å². The highest BCUT2D eigenvalue weighted by atomic mass is 16.6. The number of hydrogen-bond acceptors (Lipinski definition) is 6. The number of rotatable bonds is 8. The lowest BCUT2D eigenvalue weighted by molar-refractivity contribution is -0.250. The molecule has 7 nitrogen and oxygen atoms in total. The van der Waals surface area contributed by atoms with Crippen LogP contribution in [0.2, 0.25) is 0 Å². The Bertz CT molecular complexity index is 1060. The highest BCUT2D eigenvalue weighted by molar-refractivity contribution is 5.87. The normalized spacial score (nSPS) is 25.6. The van der Waals surface area contributed by atoms with E-state index in [4.69, 9.17) is 9.47 Å². The van der Waals surface area contributed by atoms with Gasteiger partial charge in [-0.1, -0.05) is 42.5 Å². The van der Waals surface area contributed by atoms with E-state index in [1.807, 2.05) is 42.8 Å².